The van der Waals surface area contributed by atoms with Crippen LogP contribution >= 0.6 is 0 Å². The van der Waals surface area contributed by atoms with Crippen molar-refractivity contribution in [2.45, 2.75) is 20.3 Å². The van der Waals surface area contributed by atoms with Crippen LogP contribution in [0.25, 0.3) is 0 Å². The predicted octanol–water partition coefficient (Wildman–Crippen LogP) is 3.39. The number of benzene rings is 1. The Balaban J connectivity index is 2.85. The van der Waals surface area contributed by atoms with Gasteiger partial charge in [-0.25, -0.2) is 0 Å². The van der Waals surface area contributed by atoms with Crippen molar-refractivity contribution in [3.05, 3.63) is 36.1 Å². The maximum absolute atomic E-state index is 5.67. The average Bonchev–Trinajstić information content (AvgIpc) is 2.26. The van der Waals surface area contributed by atoms with E-state index >= 15 is 0 Å². The van der Waals surface area contributed by atoms with E-state index in [1.165, 1.54) is 0 Å². The lowest BCUT2D eigenvalue weighted by Crippen LogP contribution is -1.95. The quantitative estimate of drug-likeness (QED) is 0.681. The molecule has 0 aromatic heterocycles. The van der Waals surface area contributed by atoms with Crippen LogP contribution < -0.4 is 9.47 Å². The number of hydrogen-bond donors (Lipinski definition) is 0. The molecule has 0 aliphatic rings. The zero-order valence-corrected chi connectivity index (χ0v) is 8.91. The number of hydrogen-bond acceptors (Lipinski definition) is 2. The highest BCUT2D eigenvalue weighted by Gasteiger charge is 2.03. The van der Waals surface area contributed by atoms with Gasteiger partial charge in [0.15, 0.2) is 11.5 Å². The van der Waals surface area contributed by atoms with E-state index in [9.17, 15) is 0 Å². The summed E-state index contributed by atoms with van der Waals surface area (Å²) >= 11 is 0. The van der Waals surface area contributed by atoms with Crippen molar-refractivity contribution < 1.29 is 9.47 Å². The Labute approximate surface area is 85.2 Å². The second-order valence-corrected chi connectivity index (χ2v) is 2.86. The molecule has 0 fully saturated rings. The molecule has 0 heterocycles. The van der Waals surface area contributed by atoms with Crippen LogP contribution in [-0.2, 0) is 0 Å². The molecule has 1 rings (SSSR count). The van der Waals surface area contributed by atoms with Gasteiger partial charge in [-0.3, -0.25) is 0 Å². The minimum Gasteiger partial charge on any atom is -0.493 e. The van der Waals surface area contributed by atoms with Gasteiger partial charge in [0.05, 0.1) is 12.9 Å². The highest BCUT2D eigenvalue weighted by Crippen LogP contribution is 2.27. The molecule has 0 amide bonds. The highest BCUT2D eigenvalue weighted by atomic mass is 16.5. The lowest BCUT2D eigenvalue weighted by molar-refractivity contribution is 0.354. The number of allylic oxidation sites excluding steroid dienone is 2. The first kappa shape index (κ1) is 10.6. The van der Waals surface area contributed by atoms with Gasteiger partial charge in [-0.1, -0.05) is 19.1 Å². The molecule has 0 bridgehead atoms. The third kappa shape index (κ3) is 2.52. The van der Waals surface area contributed by atoms with Gasteiger partial charge < -0.3 is 9.47 Å². The van der Waals surface area contributed by atoms with E-state index in [1.807, 2.05) is 37.3 Å². The van der Waals surface area contributed by atoms with Crippen molar-refractivity contribution in [1.29, 1.82) is 0 Å². The molecule has 0 N–H and O–H groups in total. The van der Waals surface area contributed by atoms with Crippen LogP contribution in [0.4, 0.5) is 0 Å². The zero-order chi connectivity index (χ0) is 10.4. The van der Waals surface area contributed by atoms with E-state index in [0.29, 0.717) is 0 Å². The third-order valence-corrected chi connectivity index (χ3v) is 1.98. The van der Waals surface area contributed by atoms with Crippen molar-refractivity contribution in [3.8, 4) is 11.5 Å². The van der Waals surface area contributed by atoms with Gasteiger partial charge in [-0.05, 0) is 25.1 Å². The summed E-state index contributed by atoms with van der Waals surface area (Å²) in [6, 6.07) is 7.64. The van der Waals surface area contributed by atoms with E-state index in [-0.39, 0.29) is 0 Å². The number of para-hydroxylation sites is 2. The van der Waals surface area contributed by atoms with Crippen molar-refractivity contribution in [2.75, 3.05) is 7.11 Å². The summed E-state index contributed by atoms with van der Waals surface area (Å²) in [5.41, 5.74) is 0. The van der Waals surface area contributed by atoms with Crippen LogP contribution in [0.1, 0.15) is 20.3 Å². The largest absolute Gasteiger partial charge is 0.493 e. The summed E-state index contributed by atoms with van der Waals surface area (Å²) in [6.45, 7) is 4.03. The monoisotopic (exact) mass is 192 g/mol. The highest BCUT2D eigenvalue weighted by molar-refractivity contribution is 5.40. The summed E-state index contributed by atoms with van der Waals surface area (Å²) in [4.78, 5) is 0. The van der Waals surface area contributed by atoms with Crippen LogP contribution in [0, 0.1) is 0 Å². The Kier molecular flexibility index (Phi) is 4.05. The Bertz CT molecular complexity index is 316. The minimum atomic E-state index is 0.764. The molecule has 1 aromatic rings. The van der Waals surface area contributed by atoms with Gasteiger partial charge in [0, 0.05) is 6.42 Å². The number of methoxy groups -OCH3 is 1. The fourth-order valence-electron chi connectivity index (χ4n) is 1.18. The molecule has 0 saturated carbocycles. The van der Waals surface area contributed by atoms with E-state index < -0.39 is 0 Å². The molecule has 0 saturated heterocycles. The topological polar surface area (TPSA) is 18.5 Å². The maximum atomic E-state index is 5.67. The van der Waals surface area contributed by atoms with Crippen molar-refractivity contribution in [2.24, 2.45) is 0 Å². The summed E-state index contributed by atoms with van der Waals surface area (Å²) < 4.78 is 10.9. The molecule has 14 heavy (non-hydrogen) atoms. The fourth-order valence-corrected chi connectivity index (χ4v) is 1.18. The van der Waals surface area contributed by atoms with Gasteiger partial charge in [-0.2, -0.15) is 0 Å². The molecule has 0 unspecified atom stereocenters. The number of rotatable bonds is 4. The molecule has 1 aromatic carbocycles. The predicted molar refractivity (Wildman–Crippen MR) is 57.7 cm³/mol. The average molecular weight is 192 g/mol. The van der Waals surface area contributed by atoms with Crippen LogP contribution in [0.3, 0.4) is 0 Å². The number of ether oxygens (including phenoxy) is 2. The molecule has 0 aliphatic heterocycles. The fraction of sp³-hybridized carbons (Fsp3) is 0.333. The molecule has 0 aliphatic carbocycles. The van der Waals surface area contributed by atoms with Crippen LogP contribution in [0.2, 0.25) is 0 Å². The maximum Gasteiger partial charge on any atom is 0.168 e. The summed E-state index contributed by atoms with van der Waals surface area (Å²) in [7, 11) is 1.64. The van der Waals surface area contributed by atoms with Crippen molar-refractivity contribution >= 4 is 0 Å². The molecule has 0 spiro atoms. The second-order valence-electron chi connectivity index (χ2n) is 2.86. The van der Waals surface area contributed by atoms with Crippen LogP contribution in [-0.4, -0.2) is 7.11 Å². The first-order valence-electron chi connectivity index (χ1n) is 4.77. The van der Waals surface area contributed by atoms with E-state index in [0.717, 1.165) is 23.7 Å². The lowest BCUT2D eigenvalue weighted by atomic mass is 10.3. The van der Waals surface area contributed by atoms with Gasteiger partial charge in [0.1, 0.15) is 0 Å². The van der Waals surface area contributed by atoms with E-state index in [4.69, 9.17) is 9.47 Å². The molecule has 76 valence electrons. The third-order valence-electron chi connectivity index (χ3n) is 1.98. The van der Waals surface area contributed by atoms with Crippen LogP contribution in [0.15, 0.2) is 36.1 Å². The summed E-state index contributed by atoms with van der Waals surface area (Å²) in [6.07, 6.45) is 2.85. The molecular formula is C12H16O2. The van der Waals surface area contributed by atoms with E-state index in [2.05, 4.69) is 6.92 Å². The zero-order valence-electron chi connectivity index (χ0n) is 8.91. The van der Waals surface area contributed by atoms with Gasteiger partial charge >= 0.3 is 0 Å². The normalized spacial score (nSPS) is 11.2. The standard InChI is InChI=1S/C12H16O2/c1-4-10(5-2)14-12-9-7-6-8-11(12)13-3/h4,6-9H,5H2,1-3H3. The van der Waals surface area contributed by atoms with Gasteiger partial charge in [0.2, 0.25) is 0 Å². The smallest absolute Gasteiger partial charge is 0.168 e. The lowest BCUT2D eigenvalue weighted by Gasteiger charge is -2.11. The summed E-state index contributed by atoms with van der Waals surface area (Å²) in [5, 5.41) is 0. The molecule has 2 heteroatoms. The Morgan fingerprint density at radius 1 is 1.29 bits per heavy atom. The van der Waals surface area contributed by atoms with Gasteiger partial charge in [0.25, 0.3) is 0 Å². The second kappa shape index (κ2) is 5.32. The van der Waals surface area contributed by atoms with Gasteiger partial charge in [-0.15, -0.1) is 0 Å². The Hall–Kier alpha value is -1.44. The van der Waals surface area contributed by atoms with E-state index in [1.54, 1.807) is 7.11 Å². The molecule has 2 nitrogen and oxygen atoms in total. The van der Waals surface area contributed by atoms with Crippen LogP contribution in [0.5, 0.6) is 11.5 Å². The molecule has 0 atom stereocenters. The minimum absolute atomic E-state index is 0.764. The molecular weight excluding hydrogens is 176 g/mol. The Morgan fingerprint density at radius 2 is 1.93 bits per heavy atom. The van der Waals surface area contributed by atoms with Crippen molar-refractivity contribution in [1.82, 2.24) is 0 Å². The first-order valence-corrected chi connectivity index (χ1v) is 4.77. The van der Waals surface area contributed by atoms with Crippen molar-refractivity contribution in [3.63, 3.8) is 0 Å². The first-order chi connectivity index (χ1) is 6.81. The molecule has 0 radical (unpaired) electrons. The summed E-state index contributed by atoms with van der Waals surface area (Å²) in [5.74, 6) is 2.49. The SMILES string of the molecule is CC=C(CC)Oc1ccccc1OC. The Morgan fingerprint density at radius 3 is 2.43 bits per heavy atom.